The third-order valence-electron chi connectivity index (χ3n) is 6.12. The molecule has 5 aromatic rings. The van der Waals surface area contributed by atoms with Crippen molar-refractivity contribution in [2.45, 2.75) is 0 Å². The van der Waals surface area contributed by atoms with E-state index < -0.39 is 17.7 Å². The van der Waals surface area contributed by atoms with Crippen LogP contribution in [0.4, 0.5) is 27.1 Å². The van der Waals surface area contributed by atoms with Crippen LogP contribution >= 0.6 is 0 Å². The number of carbonyl (C=O) groups is 2. The molecule has 5 N–H and O–H groups in total. The number of hydrogen-bond donors (Lipinski definition) is 4. The van der Waals surface area contributed by atoms with Gasteiger partial charge >= 0.3 is 12.0 Å². The van der Waals surface area contributed by atoms with Crippen LogP contribution in [0.2, 0.25) is 0 Å². The number of aromatic carboxylic acids is 1. The smallest absolute Gasteiger partial charge is 0.335 e. The number of pyridine rings is 1. The van der Waals surface area contributed by atoms with Gasteiger partial charge in [-0.15, -0.1) is 0 Å². The van der Waals surface area contributed by atoms with Crippen molar-refractivity contribution in [2.75, 3.05) is 24.9 Å². The number of carbonyl (C=O) groups excluding carboxylic acids is 1. The van der Waals surface area contributed by atoms with Gasteiger partial charge in [0.15, 0.2) is 0 Å². The van der Waals surface area contributed by atoms with E-state index in [-0.39, 0.29) is 17.1 Å². The number of anilines is 4. The SMILES string of the molecule is COc1ncc(-c2ccc3c(Nc4cc(Nc5cccc(F)c5)cc(C(=O)O)c4)c(C(N)=O)cnc3c2)c(OC)n1. The van der Waals surface area contributed by atoms with Crippen molar-refractivity contribution in [3.8, 4) is 23.0 Å². The predicted octanol–water partition coefficient (Wildman–Crippen LogP) is 5.13. The Morgan fingerprint density at radius 2 is 1.68 bits per heavy atom. The lowest BCUT2D eigenvalue weighted by Gasteiger charge is -2.16. The van der Waals surface area contributed by atoms with Gasteiger partial charge in [-0.2, -0.15) is 4.98 Å². The molecule has 0 bridgehead atoms. The van der Waals surface area contributed by atoms with Crippen LogP contribution in [0.5, 0.6) is 11.9 Å². The summed E-state index contributed by atoms with van der Waals surface area (Å²) in [7, 11) is 2.93. The Bertz CT molecular complexity index is 1810. The lowest BCUT2D eigenvalue weighted by molar-refractivity contribution is 0.0696. The minimum Gasteiger partial charge on any atom is -0.480 e. The minimum atomic E-state index is -1.18. The van der Waals surface area contributed by atoms with E-state index in [0.717, 1.165) is 0 Å². The van der Waals surface area contributed by atoms with Gasteiger partial charge in [0, 0.05) is 34.8 Å². The molecule has 11 nitrogen and oxygen atoms in total. The van der Waals surface area contributed by atoms with Gasteiger partial charge in [-0.3, -0.25) is 9.78 Å². The first-order valence-electron chi connectivity index (χ1n) is 12.1. The van der Waals surface area contributed by atoms with Crippen LogP contribution in [0.25, 0.3) is 22.0 Å². The second-order valence-electron chi connectivity index (χ2n) is 8.79. The number of rotatable bonds is 9. The quantitative estimate of drug-likeness (QED) is 0.192. The molecule has 0 aliphatic rings. The topological polar surface area (TPSA) is 162 Å². The normalized spacial score (nSPS) is 10.7. The van der Waals surface area contributed by atoms with E-state index in [1.54, 1.807) is 36.5 Å². The number of nitrogens with one attached hydrogen (secondary N) is 2. The lowest BCUT2D eigenvalue weighted by Crippen LogP contribution is -2.14. The summed E-state index contributed by atoms with van der Waals surface area (Å²) in [5.41, 5.74) is 8.97. The molecule has 1 amide bonds. The number of fused-ring (bicyclic) bond motifs is 1. The second-order valence-corrected chi connectivity index (χ2v) is 8.79. The number of aromatic nitrogens is 3. The Hall–Kier alpha value is -5.78. The molecule has 5 rings (SSSR count). The van der Waals surface area contributed by atoms with Gasteiger partial charge < -0.3 is 30.9 Å². The molecule has 3 aromatic carbocycles. The number of carboxylic acid groups (broad SMARTS) is 1. The zero-order chi connectivity index (χ0) is 29.1. The number of nitrogens with two attached hydrogens (primary N) is 1. The van der Waals surface area contributed by atoms with Gasteiger partial charge in [0.1, 0.15) is 5.82 Å². The third kappa shape index (κ3) is 5.66. The molecule has 2 aromatic heterocycles. The average Bonchev–Trinajstić information content (AvgIpc) is 2.96. The van der Waals surface area contributed by atoms with Crippen molar-refractivity contribution in [3.63, 3.8) is 0 Å². The number of primary amides is 1. The van der Waals surface area contributed by atoms with E-state index in [0.29, 0.717) is 50.7 Å². The molecule has 0 aliphatic heterocycles. The number of benzene rings is 3. The summed E-state index contributed by atoms with van der Waals surface area (Å²) in [6.45, 7) is 0. The molecular weight excluding hydrogens is 531 g/mol. The van der Waals surface area contributed by atoms with Gasteiger partial charge in [-0.1, -0.05) is 18.2 Å². The molecule has 41 heavy (non-hydrogen) atoms. The van der Waals surface area contributed by atoms with E-state index in [1.165, 1.54) is 50.7 Å². The fraction of sp³-hybridized carbons (Fsp3) is 0.0690. The summed E-state index contributed by atoms with van der Waals surface area (Å²) in [4.78, 5) is 37.0. The highest BCUT2D eigenvalue weighted by Gasteiger charge is 2.18. The zero-order valence-corrected chi connectivity index (χ0v) is 21.8. The summed E-state index contributed by atoms with van der Waals surface area (Å²) in [5.74, 6) is -2.06. The monoisotopic (exact) mass is 554 g/mol. The first-order valence-corrected chi connectivity index (χ1v) is 12.1. The van der Waals surface area contributed by atoms with Crippen LogP contribution in [0.3, 0.4) is 0 Å². The molecule has 0 fully saturated rings. The van der Waals surface area contributed by atoms with Crippen molar-refractivity contribution < 1.29 is 28.6 Å². The van der Waals surface area contributed by atoms with E-state index >= 15 is 0 Å². The summed E-state index contributed by atoms with van der Waals surface area (Å²) in [6.07, 6.45) is 2.90. The number of ether oxygens (including phenoxy) is 2. The highest BCUT2D eigenvalue weighted by Crippen LogP contribution is 2.35. The number of hydrogen-bond acceptors (Lipinski definition) is 9. The van der Waals surface area contributed by atoms with Crippen molar-refractivity contribution >= 4 is 45.5 Å². The molecule has 0 radical (unpaired) electrons. The average molecular weight is 555 g/mol. The van der Waals surface area contributed by atoms with Gasteiger partial charge in [-0.25, -0.2) is 14.2 Å². The predicted molar refractivity (Wildman–Crippen MR) is 151 cm³/mol. The fourth-order valence-corrected chi connectivity index (χ4v) is 4.26. The first-order chi connectivity index (χ1) is 19.7. The molecule has 0 unspecified atom stereocenters. The standard InChI is InChI=1S/C29H23FN6O5/c1-40-27-22(13-33-29(36-27)41-2)15-6-7-21-24(10-15)32-14-23(26(31)37)25(21)35-20-9-16(28(38)39)8-19(12-20)34-18-5-3-4-17(30)11-18/h3-14,34H,1-2H3,(H2,31,37)(H,32,35)(H,38,39). The first kappa shape index (κ1) is 26.8. The minimum absolute atomic E-state index is 0.0400. The van der Waals surface area contributed by atoms with Crippen LogP contribution in [-0.4, -0.2) is 46.2 Å². The second kappa shape index (κ2) is 11.1. The lowest BCUT2D eigenvalue weighted by atomic mass is 10.0. The molecule has 0 saturated heterocycles. The Kier molecular flexibility index (Phi) is 7.29. The van der Waals surface area contributed by atoms with Crippen LogP contribution in [0.15, 0.2) is 73.1 Å². The fourth-order valence-electron chi connectivity index (χ4n) is 4.26. The summed E-state index contributed by atoms with van der Waals surface area (Å²) < 4.78 is 24.2. The molecule has 206 valence electrons. The largest absolute Gasteiger partial charge is 0.480 e. The third-order valence-corrected chi connectivity index (χ3v) is 6.12. The number of nitrogens with zero attached hydrogens (tertiary/aromatic N) is 3. The van der Waals surface area contributed by atoms with Crippen LogP contribution in [0, 0.1) is 5.82 Å². The number of methoxy groups -OCH3 is 2. The number of carboxylic acids is 1. The molecular formula is C29H23FN6O5. The van der Waals surface area contributed by atoms with Crippen molar-refractivity contribution in [2.24, 2.45) is 5.73 Å². The van der Waals surface area contributed by atoms with Gasteiger partial charge in [0.05, 0.1) is 42.1 Å². The molecule has 0 saturated carbocycles. The summed E-state index contributed by atoms with van der Waals surface area (Å²) in [6, 6.07) is 15.6. The van der Waals surface area contributed by atoms with Crippen LogP contribution in [-0.2, 0) is 0 Å². The molecule has 0 spiro atoms. The maximum atomic E-state index is 13.7. The Morgan fingerprint density at radius 1 is 0.902 bits per heavy atom. The highest BCUT2D eigenvalue weighted by atomic mass is 19.1. The molecule has 12 heteroatoms. The summed E-state index contributed by atoms with van der Waals surface area (Å²) >= 11 is 0. The zero-order valence-electron chi connectivity index (χ0n) is 21.8. The van der Waals surface area contributed by atoms with E-state index in [2.05, 4.69) is 25.6 Å². The van der Waals surface area contributed by atoms with Crippen molar-refractivity contribution in [1.82, 2.24) is 15.0 Å². The van der Waals surface area contributed by atoms with Gasteiger partial charge in [-0.05, 0) is 48.0 Å². The summed E-state index contributed by atoms with van der Waals surface area (Å²) in [5, 5.41) is 16.4. The van der Waals surface area contributed by atoms with E-state index in [1.807, 2.05) is 0 Å². The van der Waals surface area contributed by atoms with E-state index in [4.69, 9.17) is 15.2 Å². The van der Waals surface area contributed by atoms with E-state index in [9.17, 15) is 19.1 Å². The van der Waals surface area contributed by atoms with Crippen molar-refractivity contribution in [1.29, 1.82) is 0 Å². The van der Waals surface area contributed by atoms with Gasteiger partial charge in [0.2, 0.25) is 5.88 Å². The number of halogens is 1. The van der Waals surface area contributed by atoms with Crippen LogP contribution < -0.4 is 25.8 Å². The molecule has 2 heterocycles. The molecule has 0 atom stereocenters. The Labute approximate surface area is 232 Å². The maximum absolute atomic E-state index is 13.7. The van der Waals surface area contributed by atoms with Gasteiger partial charge in [0.25, 0.3) is 5.91 Å². The van der Waals surface area contributed by atoms with Crippen LogP contribution in [0.1, 0.15) is 20.7 Å². The molecule has 0 aliphatic carbocycles. The number of amides is 1. The maximum Gasteiger partial charge on any atom is 0.335 e. The van der Waals surface area contributed by atoms with Crippen molar-refractivity contribution in [3.05, 3.63) is 90.0 Å². The Balaban J connectivity index is 1.59. The Morgan fingerprint density at radius 3 is 2.37 bits per heavy atom. The highest BCUT2D eigenvalue weighted by molar-refractivity contribution is 6.08.